The molecule has 0 saturated carbocycles. The highest BCUT2D eigenvalue weighted by atomic mass is 15.1. The van der Waals surface area contributed by atoms with Gasteiger partial charge >= 0.3 is 0 Å². The van der Waals surface area contributed by atoms with E-state index in [1.165, 1.54) is 77.1 Å². The van der Waals surface area contributed by atoms with Gasteiger partial charge in [0.25, 0.3) is 0 Å². The molecule has 0 amide bonds. The van der Waals surface area contributed by atoms with E-state index in [0.29, 0.717) is 5.92 Å². The fourth-order valence-corrected chi connectivity index (χ4v) is 7.55. The van der Waals surface area contributed by atoms with Crippen LogP contribution in [-0.2, 0) is 7.05 Å². The lowest BCUT2D eigenvalue weighted by Gasteiger charge is -2.32. The van der Waals surface area contributed by atoms with E-state index in [1.807, 2.05) is 0 Å². The first-order valence-electron chi connectivity index (χ1n) is 15.8. The Morgan fingerprint density at radius 1 is 0.600 bits per heavy atom. The van der Waals surface area contributed by atoms with E-state index in [-0.39, 0.29) is 0 Å². The van der Waals surface area contributed by atoms with Crippen molar-refractivity contribution in [2.24, 2.45) is 13.0 Å². The third kappa shape index (κ3) is 4.10. The van der Waals surface area contributed by atoms with Gasteiger partial charge in [-0.2, -0.15) is 0 Å². The van der Waals surface area contributed by atoms with Crippen molar-refractivity contribution in [1.29, 1.82) is 0 Å². The van der Waals surface area contributed by atoms with Gasteiger partial charge in [-0.15, -0.1) is 0 Å². The SMILES string of the molecule is Cn1c2ccc(-c3ccc(N(C4=CC=C5C=CC=CC5C4)c4ccccc4)cc3)cc2c2c3ccccc3c3ccccc3c21. The summed E-state index contributed by atoms with van der Waals surface area (Å²) in [5.74, 6) is 0.418. The molecule has 2 aliphatic carbocycles. The third-order valence-electron chi connectivity index (χ3n) is 9.70. The maximum atomic E-state index is 2.41. The fourth-order valence-electron chi connectivity index (χ4n) is 7.55. The van der Waals surface area contributed by atoms with Crippen LogP contribution in [0.25, 0.3) is 54.5 Å². The molecule has 1 unspecified atom stereocenters. The summed E-state index contributed by atoms with van der Waals surface area (Å²) >= 11 is 0. The standard InChI is InChI=1S/C43H32N2/c1-44-41-26-22-32(28-40(41)42-38-17-9-7-15-36(38)37-16-8-10-18-39(37)43(42)44)30-19-23-34(24-20-30)45(33-13-3-2-4-14-33)35-25-21-29-11-5-6-12-31(29)27-35/h2-26,28,31H,27H2,1H3. The highest BCUT2D eigenvalue weighted by Gasteiger charge is 2.23. The molecule has 6 aromatic carbocycles. The van der Waals surface area contributed by atoms with Crippen LogP contribution in [0.15, 0.2) is 169 Å². The zero-order valence-corrected chi connectivity index (χ0v) is 25.2. The van der Waals surface area contributed by atoms with Gasteiger partial charge in [0.05, 0.1) is 5.52 Å². The van der Waals surface area contributed by atoms with E-state index in [2.05, 4.69) is 174 Å². The first-order chi connectivity index (χ1) is 22.2. The minimum atomic E-state index is 0.418. The molecule has 0 radical (unpaired) electrons. The van der Waals surface area contributed by atoms with Crippen molar-refractivity contribution in [2.75, 3.05) is 4.90 Å². The van der Waals surface area contributed by atoms with Crippen LogP contribution in [0, 0.1) is 5.92 Å². The maximum absolute atomic E-state index is 2.41. The van der Waals surface area contributed by atoms with Crippen LogP contribution in [0.3, 0.4) is 0 Å². The van der Waals surface area contributed by atoms with E-state index in [1.54, 1.807) is 0 Å². The Morgan fingerprint density at radius 2 is 1.27 bits per heavy atom. The lowest BCUT2D eigenvalue weighted by Crippen LogP contribution is -2.21. The molecule has 1 heterocycles. The van der Waals surface area contributed by atoms with Crippen molar-refractivity contribution in [3.8, 4) is 11.1 Å². The summed E-state index contributed by atoms with van der Waals surface area (Å²) in [5, 5.41) is 7.86. The van der Waals surface area contributed by atoms with Crippen LogP contribution < -0.4 is 4.90 Å². The fraction of sp³-hybridized carbons (Fsp3) is 0.0698. The summed E-state index contributed by atoms with van der Waals surface area (Å²) in [6.07, 6.45) is 14.4. The van der Waals surface area contributed by atoms with Gasteiger partial charge in [-0.05, 0) is 81.8 Å². The van der Waals surface area contributed by atoms with Gasteiger partial charge in [0.2, 0.25) is 0 Å². The summed E-state index contributed by atoms with van der Waals surface area (Å²) < 4.78 is 2.37. The Morgan fingerprint density at radius 3 is 2.07 bits per heavy atom. The lowest BCUT2D eigenvalue weighted by atomic mass is 9.86. The summed E-state index contributed by atoms with van der Waals surface area (Å²) in [7, 11) is 2.20. The van der Waals surface area contributed by atoms with Crippen LogP contribution in [0.5, 0.6) is 0 Å². The molecule has 1 aromatic heterocycles. The maximum Gasteiger partial charge on any atom is 0.0574 e. The molecule has 0 aliphatic heterocycles. The normalized spacial score (nSPS) is 15.9. The highest BCUT2D eigenvalue weighted by molar-refractivity contribution is 6.31. The highest BCUT2D eigenvalue weighted by Crippen LogP contribution is 2.42. The number of aromatic nitrogens is 1. The monoisotopic (exact) mass is 576 g/mol. The number of hydrogen-bond acceptors (Lipinski definition) is 1. The van der Waals surface area contributed by atoms with Crippen LogP contribution in [-0.4, -0.2) is 4.57 Å². The van der Waals surface area contributed by atoms with Crippen LogP contribution in [0.4, 0.5) is 11.4 Å². The Bertz CT molecular complexity index is 2400. The molecule has 0 saturated heterocycles. The Kier molecular flexibility index (Phi) is 5.89. The van der Waals surface area contributed by atoms with Crippen LogP contribution >= 0.6 is 0 Å². The predicted molar refractivity (Wildman–Crippen MR) is 192 cm³/mol. The third-order valence-corrected chi connectivity index (χ3v) is 9.70. The zero-order chi connectivity index (χ0) is 29.9. The minimum Gasteiger partial charge on any atom is -0.343 e. The number of nitrogens with zero attached hydrogens (tertiary/aromatic N) is 2. The predicted octanol–water partition coefficient (Wildman–Crippen LogP) is 11.4. The van der Waals surface area contributed by atoms with Gasteiger partial charge in [-0.1, -0.05) is 115 Å². The van der Waals surface area contributed by atoms with E-state index < -0.39 is 0 Å². The number of anilines is 2. The first kappa shape index (κ1) is 25.9. The molecule has 45 heavy (non-hydrogen) atoms. The Balaban J connectivity index is 1.17. The van der Waals surface area contributed by atoms with Gasteiger partial charge < -0.3 is 9.47 Å². The second kappa shape index (κ2) is 10.2. The van der Waals surface area contributed by atoms with Crippen molar-refractivity contribution in [2.45, 2.75) is 6.42 Å². The van der Waals surface area contributed by atoms with E-state index in [4.69, 9.17) is 0 Å². The lowest BCUT2D eigenvalue weighted by molar-refractivity contribution is 0.732. The van der Waals surface area contributed by atoms with Crippen molar-refractivity contribution >= 4 is 54.7 Å². The average molecular weight is 577 g/mol. The molecule has 214 valence electrons. The largest absolute Gasteiger partial charge is 0.343 e. The molecule has 2 aliphatic rings. The second-order valence-corrected chi connectivity index (χ2v) is 12.2. The molecule has 7 aromatic rings. The number of para-hydroxylation sites is 1. The molecule has 0 spiro atoms. The van der Waals surface area contributed by atoms with Gasteiger partial charge in [0, 0.05) is 51.7 Å². The summed E-state index contributed by atoms with van der Waals surface area (Å²) in [6.45, 7) is 0. The average Bonchev–Trinajstić information content (AvgIpc) is 3.41. The number of aryl methyl sites for hydroxylation is 1. The number of fused-ring (bicyclic) bond motifs is 9. The second-order valence-electron chi connectivity index (χ2n) is 12.2. The molecular formula is C43H32N2. The molecule has 0 N–H and O–H groups in total. The Hall–Kier alpha value is -5.60. The van der Waals surface area contributed by atoms with E-state index in [9.17, 15) is 0 Å². The molecule has 0 bridgehead atoms. The Labute approximate surface area is 263 Å². The minimum absolute atomic E-state index is 0.418. The number of benzene rings is 6. The van der Waals surface area contributed by atoms with Crippen molar-refractivity contribution in [1.82, 2.24) is 4.57 Å². The van der Waals surface area contributed by atoms with Gasteiger partial charge in [-0.25, -0.2) is 0 Å². The smallest absolute Gasteiger partial charge is 0.0574 e. The topological polar surface area (TPSA) is 8.17 Å². The molecule has 2 heteroatoms. The van der Waals surface area contributed by atoms with Crippen molar-refractivity contribution in [3.63, 3.8) is 0 Å². The summed E-state index contributed by atoms with van der Waals surface area (Å²) in [5.41, 5.74) is 10.0. The van der Waals surface area contributed by atoms with Crippen LogP contribution in [0.2, 0.25) is 0 Å². The first-order valence-corrected chi connectivity index (χ1v) is 15.8. The zero-order valence-electron chi connectivity index (χ0n) is 25.2. The summed E-state index contributed by atoms with van der Waals surface area (Å²) in [4.78, 5) is 2.41. The van der Waals surface area contributed by atoms with E-state index in [0.717, 1.165) is 6.42 Å². The van der Waals surface area contributed by atoms with Crippen molar-refractivity contribution < 1.29 is 0 Å². The number of hydrogen-bond donors (Lipinski definition) is 0. The molecule has 2 nitrogen and oxygen atoms in total. The summed E-state index contributed by atoms with van der Waals surface area (Å²) in [6, 6.07) is 44.5. The number of rotatable bonds is 4. The van der Waals surface area contributed by atoms with Gasteiger partial charge in [0.15, 0.2) is 0 Å². The van der Waals surface area contributed by atoms with Crippen molar-refractivity contribution in [3.05, 3.63) is 169 Å². The quantitative estimate of drug-likeness (QED) is 0.189. The van der Waals surface area contributed by atoms with Gasteiger partial charge in [-0.3, -0.25) is 0 Å². The molecule has 1 atom stereocenters. The number of allylic oxidation sites excluding steroid dienone is 8. The van der Waals surface area contributed by atoms with Gasteiger partial charge in [0.1, 0.15) is 0 Å². The van der Waals surface area contributed by atoms with E-state index >= 15 is 0 Å². The molecule has 9 rings (SSSR count). The molecular weight excluding hydrogens is 544 g/mol. The molecule has 0 fully saturated rings. The van der Waals surface area contributed by atoms with Crippen LogP contribution in [0.1, 0.15) is 6.42 Å².